The molecule has 8 rings (SSSR count). The summed E-state index contributed by atoms with van der Waals surface area (Å²) in [6, 6.07) is 36.8. The Hall–Kier alpha value is -3.64. The van der Waals surface area contributed by atoms with Gasteiger partial charge in [0.2, 0.25) is 0 Å². The van der Waals surface area contributed by atoms with Gasteiger partial charge in [-0.15, -0.1) is 0 Å². The van der Waals surface area contributed by atoms with Gasteiger partial charge < -0.3 is 0 Å². The number of aryl methyl sites for hydroxylation is 1. The van der Waals surface area contributed by atoms with E-state index in [4.69, 9.17) is 0 Å². The molecule has 0 spiro atoms. The molecule has 3 atom stereocenters. The molecule has 0 radical (unpaired) electrons. The quantitative estimate of drug-likeness (QED) is 0.236. The number of hydrogen-bond donors (Lipinski definition) is 0. The van der Waals surface area contributed by atoms with E-state index >= 15 is 0 Å². The van der Waals surface area contributed by atoms with Crippen LogP contribution in [-0.4, -0.2) is 0 Å². The van der Waals surface area contributed by atoms with E-state index in [1.807, 2.05) is 0 Å². The zero-order valence-corrected chi connectivity index (χ0v) is 19.9. The fourth-order valence-corrected chi connectivity index (χ4v) is 7.69. The second-order valence-electron chi connectivity index (χ2n) is 10.8. The van der Waals surface area contributed by atoms with Crippen LogP contribution >= 0.6 is 0 Å². The molecule has 3 unspecified atom stereocenters. The van der Waals surface area contributed by atoms with E-state index in [0.717, 1.165) is 6.42 Å². The van der Waals surface area contributed by atoms with Gasteiger partial charge in [-0.1, -0.05) is 97.1 Å². The van der Waals surface area contributed by atoms with Crippen molar-refractivity contribution in [3.63, 3.8) is 0 Å². The van der Waals surface area contributed by atoms with Gasteiger partial charge in [-0.25, -0.2) is 0 Å². The van der Waals surface area contributed by atoms with Crippen LogP contribution in [0.15, 0.2) is 97.1 Å². The fourth-order valence-electron chi connectivity index (χ4n) is 7.69. The summed E-state index contributed by atoms with van der Waals surface area (Å²) in [5, 5.41) is 5.60. The summed E-state index contributed by atoms with van der Waals surface area (Å²) in [5.41, 5.74) is 10.8. The molecule has 0 nitrogen and oxygen atoms in total. The Morgan fingerprint density at radius 2 is 1.40 bits per heavy atom. The Morgan fingerprint density at radius 3 is 2.34 bits per heavy atom. The van der Waals surface area contributed by atoms with Crippen molar-refractivity contribution in [2.45, 2.75) is 37.5 Å². The minimum Gasteiger partial charge on any atom is -0.0620 e. The molecule has 0 saturated heterocycles. The lowest BCUT2D eigenvalue weighted by atomic mass is 9.68. The van der Waals surface area contributed by atoms with E-state index in [2.05, 4.69) is 103 Å². The standard InChI is InChI=1S/C35H28/c1-4-15-27-22(9-1)12-8-18-30(27)34-28-16-5-3-11-24(28)20-31(34)32-21-26-14-7-13-25-19-23-10-2-6-17-29(23)35(32)33(25)26/h1-7,9-11,13-17,19,21,30-31,34H,8,12,18,20H2. The zero-order chi connectivity index (χ0) is 22.9. The van der Waals surface area contributed by atoms with Gasteiger partial charge in [-0.3, -0.25) is 0 Å². The molecule has 3 aliphatic carbocycles. The minimum atomic E-state index is 0.505. The van der Waals surface area contributed by atoms with E-state index in [-0.39, 0.29) is 0 Å². The first-order valence-electron chi connectivity index (χ1n) is 13.2. The van der Waals surface area contributed by atoms with Crippen molar-refractivity contribution in [2.24, 2.45) is 5.92 Å². The molecule has 0 aliphatic heterocycles. The summed E-state index contributed by atoms with van der Waals surface area (Å²) in [7, 11) is 0. The summed E-state index contributed by atoms with van der Waals surface area (Å²) >= 11 is 0. The molecule has 5 aromatic rings. The molecule has 0 N–H and O–H groups in total. The van der Waals surface area contributed by atoms with Gasteiger partial charge in [0.05, 0.1) is 0 Å². The molecule has 0 bridgehead atoms. The van der Waals surface area contributed by atoms with Crippen molar-refractivity contribution >= 4 is 33.2 Å². The molecule has 0 heterocycles. The Labute approximate surface area is 206 Å². The van der Waals surface area contributed by atoms with Crippen LogP contribution in [0, 0.1) is 5.92 Å². The third-order valence-corrected chi connectivity index (χ3v) is 9.06. The number of hydrogen-bond acceptors (Lipinski definition) is 0. The molecular formula is C35H28. The summed E-state index contributed by atoms with van der Waals surface area (Å²) in [4.78, 5) is 0. The number of benzene rings is 5. The van der Waals surface area contributed by atoms with E-state index < -0.39 is 0 Å². The maximum Gasteiger partial charge on any atom is -0.00180 e. The van der Waals surface area contributed by atoms with Crippen molar-refractivity contribution in [2.75, 3.05) is 0 Å². The molecule has 5 aromatic carbocycles. The molecule has 0 heteroatoms. The summed E-state index contributed by atoms with van der Waals surface area (Å²) in [6.45, 7) is 0. The number of rotatable bonds is 2. The van der Waals surface area contributed by atoms with Crippen LogP contribution in [0.3, 0.4) is 0 Å². The van der Waals surface area contributed by atoms with Crippen LogP contribution in [0.2, 0.25) is 0 Å². The molecular weight excluding hydrogens is 420 g/mol. The lowest BCUT2D eigenvalue weighted by Gasteiger charge is -2.35. The van der Waals surface area contributed by atoms with Crippen LogP contribution in [-0.2, 0) is 12.8 Å². The van der Waals surface area contributed by atoms with Crippen molar-refractivity contribution in [3.8, 4) is 0 Å². The van der Waals surface area contributed by atoms with Crippen molar-refractivity contribution in [3.05, 3.63) is 130 Å². The zero-order valence-electron chi connectivity index (χ0n) is 19.9. The molecule has 35 heavy (non-hydrogen) atoms. The fraction of sp³-hybridized carbons (Fsp3) is 0.200. The highest BCUT2D eigenvalue weighted by Gasteiger charge is 2.42. The van der Waals surface area contributed by atoms with Gasteiger partial charge in [0.1, 0.15) is 0 Å². The van der Waals surface area contributed by atoms with Crippen LogP contribution in [0.5, 0.6) is 0 Å². The first kappa shape index (κ1) is 19.6. The predicted octanol–water partition coefficient (Wildman–Crippen LogP) is 8.92. The molecule has 3 aliphatic rings. The molecule has 0 aromatic heterocycles. The van der Waals surface area contributed by atoms with Crippen molar-refractivity contribution < 1.29 is 0 Å². The SMILES string of the molecule is C1=C(C2Cc3ccccc3C2C2CCCc3ccccc32)c2c3ccccc3cc3cccc1c23. The van der Waals surface area contributed by atoms with Crippen molar-refractivity contribution in [1.82, 2.24) is 0 Å². The Morgan fingerprint density at radius 1 is 0.629 bits per heavy atom. The highest BCUT2D eigenvalue weighted by Crippen LogP contribution is 2.57. The van der Waals surface area contributed by atoms with E-state index in [0.29, 0.717) is 17.8 Å². The first-order valence-corrected chi connectivity index (χ1v) is 13.2. The summed E-state index contributed by atoms with van der Waals surface area (Å²) in [5.74, 6) is 1.62. The second-order valence-corrected chi connectivity index (χ2v) is 10.8. The molecule has 0 fully saturated rings. The maximum absolute atomic E-state index is 2.54. The van der Waals surface area contributed by atoms with Crippen molar-refractivity contribution in [1.29, 1.82) is 0 Å². The van der Waals surface area contributed by atoms with Crippen LogP contribution < -0.4 is 0 Å². The van der Waals surface area contributed by atoms with E-state index in [1.54, 1.807) is 27.8 Å². The summed E-state index contributed by atoms with van der Waals surface area (Å²) in [6.07, 6.45) is 7.50. The highest BCUT2D eigenvalue weighted by atomic mass is 14.5. The monoisotopic (exact) mass is 448 g/mol. The van der Waals surface area contributed by atoms with Gasteiger partial charge in [-0.05, 0) is 110 Å². The number of fused-ring (bicyclic) bond motifs is 4. The number of allylic oxidation sites excluding steroid dienone is 1. The van der Waals surface area contributed by atoms with Gasteiger partial charge in [0, 0.05) is 0 Å². The Kier molecular flexibility index (Phi) is 4.17. The average molecular weight is 449 g/mol. The Bertz CT molecular complexity index is 1670. The van der Waals surface area contributed by atoms with Gasteiger partial charge in [0.25, 0.3) is 0 Å². The molecule has 168 valence electrons. The molecule has 0 amide bonds. The first-order chi connectivity index (χ1) is 17.4. The van der Waals surface area contributed by atoms with E-state index in [1.165, 1.54) is 51.9 Å². The second kappa shape index (κ2) is 7.43. The summed E-state index contributed by atoms with van der Waals surface area (Å²) < 4.78 is 0. The smallest absolute Gasteiger partial charge is 0.00180 e. The minimum absolute atomic E-state index is 0.505. The average Bonchev–Trinajstić information content (AvgIpc) is 3.49. The third kappa shape index (κ3) is 2.80. The van der Waals surface area contributed by atoms with Crippen LogP contribution in [0.4, 0.5) is 0 Å². The van der Waals surface area contributed by atoms with Crippen LogP contribution in [0.25, 0.3) is 33.2 Å². The Balaban J connectivity index is 1.36. The van der Waals surface area contributed by atoms with Crippen LogP contribution in [0.1, 0.15) is 58.1 Å². The lowest BCUT2D eigenvalue weighted by molar-refractivity contribution is 0.419. The van der Waals surface area contributed by atoms with Gasteiger partial charge >= 0.3 is 0 Å². The predicted molar refractivity (Wildman–Crippen MR) is 148 cm³/mol. The maximum atomic E-state index is 2.54. The van der Waals surface area contributed by atoms with E-state index in [9.17, 15) is 0 Å². The lowest BCUT2D eigenvalue weighted by Crippen LogP contribution is -2.22. The molecule has 0 saturated carbocycles. The van der Waals surface area contributed by atoms with Gasteiger partial charge in [0.15, 0.2) is 0 Å². The third-order valence-electron chi connectivity index (χ3n) is 9.06. The van der Waals surface area contributed by atoms with Gasteiger partial charge in [-0.2, -0.15) is 0 Å². The topological polar surface area (TPSA) is 0 Å². The normalized spacial score (nSPS) is 22.3. The largest absolute Gasteiger partial charge is 0.0620 e. The highest BCUT2D eigenvalue weighted by molar-refractivity contribution is 6.18.